The third-order valence-corrected chi connectivity index (χ3v) is 3.62. The van der Waals surface area contributed by atoms with Crippen molar-refractivity contribution in [1.82, 2.24) is 9.29 Å². The third kappa shape index (κ3) is 2.65. The molecule has 0 saturated carbocycles. The molecule has 0 fully saturated rings. The molecule has 0 atom stereocenters. The molecule has 1 rings (SSSR count). The van der Waals surface area contributed by atoms with Crippen LogP contribution >= 0.6 is 0 Å². The summed E-state index contributed by atoms with van der Waals surface area (Å²) in [4.78, 5) is 3.72. The van der Waals surface area contributed by atoms with Gasteiger partial charge in [0.2, 0.25) is 0 Å². The van der Waals surface area contributed by atoms with Crippen LogP contribution in [0.5, 0.6) is 0 Å². The lowest BCUT2D eigenvalue weighted by Gasteiger charge is -2.14. The van der Waals surface area contributed by atoms with E-state index in [0.717, 1.165) is 4.31 Å². The quantitative estimate of drug-likeness (QED) is 0.712. The molecule has 1 aromatic heterocycles. The van der Waals surface area contributed by atoms with Crippen LogP contribution in [0.25, 0.3) is 0 Å². The fraction of sp³-hybridized carbons (Fsp3) is 0.375. The van der Waals surface area contributed by atoms with Crippen molar-refractivity contribution < 1.29 is 13.5 Å². The van der Waals surface area contributed by atoms with E-state index in [0.29, 0.717) is 5.69 Å². The fourth-order valence-electron chi connectivity index (χ4n) is 0.965. The van der Waals surface area contributed by atoms with E-state index in [1.165, 1.54) is 25.4 Å². The van der Waals surface area contributed by atoms with Crippen LogP contribution in [-0.4, -0.2) is 43.0 Å². The van der Waals surface area contributed by atoms with E-state index in [9.17, 15) is 8.42 Å². The largest absolute Gasteiger partial charge is 0.397 e. The molecule has 1 heterocycles. The lowest BCUT2D eigenvalue weighted by molar-refractivity contribution is 0.266. The zero-order chi connectivity index (χ0) is 11.5. The van der Waals surface area contributed by atoms with Crippen LogP contribution in [0.1, 0.15) is 0 Å². The predicted molar refractivity (Wildman–Crippen MR) is 55.6 cm³/mol. The second kappa shape index (κ2) is 4.56. The Morgan fingerprint density at radius 1 is 1.53 bits per heavy atom. The maximum atomic E-state index is 11.7. The average molecular weight is 231 g/mol. The molecular formula is C8H13N3O3S. The molecular weight excluding hydrogens is 218 g/mol. The van der Waals surface area contributed by atoms with Crippen molar-refractivity contribution in [1.29, 1.82) is 0 Å². The normalized spacial score (nSPS) is 11.9. The van der Waals surface area contributed by atoms with Crippen molar-refractivity contribution in [2.24, 2.45) is 0 Å². The smallest absolute Gasteiger partial charge is 0.260 e. The number of hydrogen-bond acceptors (Lipinski definition) is 5. The minimum atomic E-state index is -3.61. The molecule has 0 aliphatic rings. The van der Waals surface area contributed by atoms with Crippen LogP contribution in [0.15, 0.2) is 23.4 Å². The molecule has 0 aliphatic heterocycles. The van der Waals surface area contributed by atoms with Crippen molar-refractivity contribution in [3.63, 3.8) is 0 Å². The summed E-state index contributed by atoms with van der Waals surface area (Å²) in [6, 6.07) is 2.80. The van der Waals surface area contributed by atoms with E-state index >= 15 is 0 Å². The number of aromatic nitrogens is 1. The molecule has 0 bridgehead atoms. The lowest BCUT2D eigenvalue weighted by atomic mass is 10.4. The van der Waals surface area contributed by atoms with Crippen LogP contribution in [0.3, 0.4) is 0 Å². The van der Waals surface area contributed by atoms with Gasteiger partial charge >= 0.3 is 0 Å². The number of nitrogens with zero attached hydrogens (tertiary/aromatic N) is 2. The number of pyridine rings is 1. The second-order valence-electron chi connectivity index (χ2n) is 2.98. The first-order valence-electron chi connectivity index (χ1n) is 4.27. The second-order valence-corrected chi connectivity index (χ2v) is 4.97. The number of anilines is 1. The minimum Gasteiger partial charge on any atom is -0.397 e. The van der Waals surface area contributed by atoms with E-state index in [2.05, 4.69) is 4.98 Å². The molecule has 84 valence electrons. The topological polar surface area (TPSA) is 96.5 Å². The Hall–Kier alpha value is -1.18. The van der Waals surface area contributed by atoms with Crippen molar-refractivity contribution in [3.8, 4) is 0 Å². The number of nitrogens with two attached hydrogens (primary N) is 1. The van der Waals surface area contributed by atoms with Crippen LogP contribution in [0.4, 0.5) is 5.69 Å². The van der Waals surface area contributed by atoms with Gasteiger partial charge in [-0.15, -0.1) is 0 Å². The van der Waals surface area contributed by atoms with Gasteiger partial charge < -0.3 is 10.8 Å². The zero-order valence-electron chi connectivity index (χ0n) is 8.29. The first-order chi connectivity index (χ1) is 6.98. The predicted octanol–water partition coefficient (Wildman–Crippen LogP) is -0.723. The van der Waals surface area contributed by atoms with Crippen molar-refractivity contribution in [3.05, 3.63) is 18.3 Å². The van der Waals surface area contributed by atoms with Gasteiger partial charge in [-0.3, -0.25) is 0 Å². The molecule has 3 N–H and O–H groups in total. The molecule has 0 amide bonds. The highest BCUT2D eigenvalue weighted by Gasteiger charge is 2.21. The molecule has 1 aromatic rings. The maximum Gasteiger partial charge on any atom is 0.260 e. The highest BCUT2D eigenvalue weighted by atomic mass is 32.2. The number of likely N-dealkylation sites (N-methyl/N-ethyl adjacent to an activating group) is 1. The van der Waals surface area contributed by atoms with Crippen molar-refractivity contribution >= 4 is 15.7 Å². The summed E-state index contributed by atoms with van der Waals surface area (Å²) in [5.41, 5.74) is 5.80. The van der Waals surface area contributed by atoms with Gasteiger partial charge in [0.25, 0.3) is 10.0 Å². The molecule has 0 unspecified atom stereocenters. The van der Waals surface area contributed by atoms with E-state index in [1.807, 2.05) is 0 Å². The Balaban J connectivity index is 3.01. The number of nitrogen functional groups attached to an aromatic ring is 1. The molecule has 0 aromatic carbocycles. The molecule has 0 aliphatic carbocycles. The fourth-order valence-corrected chi connectivity index (χ4v) is 2.03. The summed E-state index contributed by atoms with van der Waals surface area (Å²) < 4.78 is 24.5. The summed E-state index contributed by atoms with van der Waals surface area (Å²) in [5, 5.41) is 8.57. The van der Waals surface area contributed by atoms with Gasteiger partial charge in [0.15, 0.2) is 5.03 Å². The number of rotatable bonds is 4. The van der Waals surface area contributed by atoms with Gasteiger partial charge in [0.1, 0.15) is 0 Å². The van der Waals surface area contributed by atoms with Crippen LogP contribution in [0.2, 0.25) is 0 Å². The van der Waals surface area contributed by atoms with Crippen molar-refractivity contribution in [2.45, 2.75) is 5.03 Å². The number of aliphatic hydroxyl groups is 1. The van der Waals surface area contributed by atoms with Crippen molar-refractivity contribution in [2.75, 3.05) is 25.9 Å². The van der Waals surface area contributed by atoms with E-state index in [-0.39, 0.29) is 18.2 Å². The molecule has 7 heteroatoms. The van der Waals surface area contributed by atoms with Gasteiger partial charge in [-0.1, -0.05) is 0 Å². The average Bonchev–Trinajstić information content (AvgIpc) is 2.18. The third-order valence-electron chi connectivity index (χ3n) is 1.85. The first kappa shape index (κ1) is 11.9. The van der Waals surface area contributed by atoms with Gasteiger partial charge in [-0.05, 0) is 12.1 Å². The van der Waals surface area contributed by atoms with E-state index in [1.54, 1.807) is 0 Å². The Morgan fingerprint density at radius 3 is 2.67 bits per heavy atom. The Bertz CT molecular complexity index is 415. The number of sulfonamides is 1. The Morgan fingerprint density at radius 2 is 2.20 bits per heavy atom. The van der Waals surface area contributed by atoms with Gasteiger partial charge in [0.05, 0.1) is 18.5 Å². The van der Waals surface area contributed by atoms with Gasteiger partial charge in [-0.2, -0.15) is 4.31 Å². The minimum absolute atomic E-state index is 0.0361. The molecule has 0 saturated heterocycles. The number of aliphatic hydroxyl groups excluding tert-OH is 1. The summed E-state index contributed by atoms with van der Waals surface area (Å²) in [7, 11) is -2.23. The maximum absolute atomic E-state index is 11.7. The Kier molecular flexibility index (Phi) is 3.61. The zero-order valence-corrected chi connectivity index (χ0v) is 9.11. The highest BCUT2D eigenvalue weighted by Crippen LogP contribution is 2.12. The van der Waals surface area contributed by atoms with E-state index < -0.39 is 10.0 Å². The van der Waals surface area contributed by atoms with Gasteiger partial charge in [-0.25, -0.2) is 13.4 Å². The molecule has 6 nitrogen and oxygen atoms in total. The SMILES string of the molecule is CN(CCO)S(=O)(=O)c1ccc(N)cn1. The Labute approximate surface area is 88.4 Å². The lowest BCUT2D eigenvalue weighted by Crippen LogP contribution is -2.30. The van der Waals surface area contributed by atoms with Crippen LogP contribution in [0, 0.1) is 0 Å². The highest BCUT2D eigenvalue weighted by molar-refractivity contribution is 7.89. The summed E-state index contributed by atoms with van der Waals surface area (Å²) in [6.07, 6.45) is 1.28. The number of hydrogen-bond donors (Lipinski definition) is 2. The van der Waals surface area contributed by atoms with Crippen LogP contribution in [-0.2, 0) is 10.0 Å². The van der Waals surface area contributed by atoms with E-state index in [4.69, 9.17) is 10.8 Å². The first-order valence-corrected chi connectivity index (χ1v) is 5.71. The molecule has 15 heavy (non-hydrogen) atoms. The molecule has 0 spiro atoms. The molecule has 0 radical (unpaired) electrons. The summed E-state index contributed by atoms with van der Waals surface area (Å²) >= 11 is 0. The van der Waals surface area contributed by atoms with Gasteiger partial charge in [0, 0.05) is 13.6 Å². The summed E-state index contributed by atoms with van der Waals surface area (Å²) in [6.45, 7) is -0.195. The monoisotopic (exact) mass is 231 g/mol. The standard InChI is InChI=1S/C8H13N3O3S/c1-11(4-5-12)15(13,14)8-3-2-7(9)6-10-8/h2-3,6,12H,4-5,9H2,1H3. The summed E-state index contributed by atoms with van der Waals surface area (Å²) in [5.74, 6) is 0. The van der Waals surface area contributed by atoms with Crippen LogP contribution < -0.4 is 5.73 Å².